The van der Waals surface area contributed by atoms with E-state index in [1.165, 1.54) is 4.90 Å². The number of nitrogens with zero attached hydrogens (tertiary/aromatic N) is 1. The van der Waals surface area contributed by atoms with Crippen LogP contribution < -0.4 is 10.6 Å². The van der Waals surface area contributed by atoms with E-state index in [1.54, 1.807) is 24.3 Å². The average Bonchev–Trinajstić information content (AvgIpc) is 2.17. The summed E-state index contributed by atoms with van der Waals surface area (Å²) in [5, 5.41) is 8.66. The van der Waals surface area contributed by atoms with Crippen molar-refractivity contribution < 1.29 is 14.3 Å². The Kier molecular flexibility index (Phi) is 3.91. The van der Waals surface area contributed by atoms with E-state index in [9.17, 15) is 9.18 Å². The van der Waals surface area contributed by atoms with E-state index < -0.39 is 12.6 Å². The number of anilines is 2. The summed E-state index contributed by atoms with van der Waals surface area (Å²) in [7, 11) is 0. The molecule has 0 aliphatic carbocycles. The maximum Gasteiger partial charge on any atom is 0.323 e. The molecule has 0 aliphatic heterocycles. The minimum Gasteiger partial charge on any atom is -0.480 e. The molecule has 1 rings (SSSR count). The fourth-order valence-electron chi connectivity index (χ4n) is 1.33. The Labute approximate surface area is 87.1 Å². The summed E-state index contributed by atoms with van der Waals surface area (Å²) in [5.41, 5.74) is 6.67. The SMILES string of the molecule is Nc1ccccc1N(CCF)CC(=O)O. The Morgan fingerprint density at radius 1 is 1.47 bits per heavy atom. The van der Waals surface area contributed by atoms with E-state index in [4.69, 9.17) is 10.8 Å². The molecule has 1 aromatic carbocycles. The van der Waals surface area contributed by atoms with Gasteiger partial charge in [-0.05, 0) is 12.1 Å². The van der Waals surface area contributed by atoms with Crippen molar-refractivity contribution >= 4 is 17.3 Å². The van der Waals surface area contributed by atoms with E-state index in [2.05, 4.69) is 0 Å². The molecule has 3 N–H and O–H groups in total. The monoisotopic (exact) mass is 212 g/mol. The second-order valence-electron chi connectivity index (χ2n) is 3.06. The van der Waals surface area contributed by atoms with Gasteiger partial charge in [0.1, 0.15) is 13.2 Å². The summed E-state index contributed by atoms with van der Waals surface area (Å²) in [6.45, 7) is -0.833. The Morgan fingerprint density at radius 3 is 2.67 bits per heavy atom. The zero-order valence-corrected chi connectivity index (χ0v) is 8.19. The molecule has 0 bridgehead atoms. The molecule has 1 aromatic rings. The Balaban J connectivity index is 2.88. The molecule has 0 aromatic heterocycles. The number of benzene rings is 1. The number of hydrogen-bond acceptors (Lipinski definition) is 3. The largest absolute Gasteiger partial charge is 0.480 e. The van der Waals surface area contributed by atoms with E-state index in [0.717, 1.165) is 0 Å². The minimum atomic E-state index is -1.01. The Hall–Kier alpha value is -1.78. The minimum absolute atomic E-state index is 0.0283. The summed E-state index contributed by atoms with van der Waals surface area (Å²) in [6.07, 6.45) is 0. The molecule has 0 radical (unpaired) electrons. The van der Waals surface area contributed by atoms with Crippen LogP contribution in [0.3, 0.4) is 0 Å². The third kappa shape index (κ3) is 3.12. The first-order valence-corrected chi connectivity index (χ1v) is 4.52. The second-order valence-corrected chi connectivity index (χ2v) is 3.06. The normalized spacial score (nSPS) is 9.93. The van der Waals surface area contributed by atoms with Gasteiger partial charge in [0, 0.05) is 6.54 Å². The summed E-state index contributed by atoms with van der Waals surface area (Å²) < 4.78 is 12.2. The van der Waals surface area contributed by atoms with Gasteiger partial charge >= 0.3 is 5.97 Å². The van der Waals surface area contributed by atoms with Gasteiger partial charge in [0.25, 0.3) is 0 Å². The third-order valence-corrected chi connectivity index (χ3v) is 1.96. The molecule has 0 atom stereocenters. The molecule has 0 heterocycles. The molecule has 82 valence electrons. The zero-order valence-electron chi connectivity index (χ0n) is 8.19. The van der Waals surface area contributed by atoms with Crippen LogP contribution in [0.2, 0.25) is 0 Å². The molecule has 5 heteroatoms. The number of alkyl halides is 1. The number of rotatable bonds is 5. The molecule has 0 aliphatic rings. The van der Waals surface area contributed by atoms with Crippen LogP contribution in [0, 0.1) is 0 Å². The van der Waals surface area contributed by atoms with Gasteiger partial charge in [-0.15, -0.1) is 0 Å². The number of carboxylic acid groups (broad SMARTS) is 1. The molecular formula is C10H13FN2O2. The lowest BCUT2D eigenvalue weighted by Crippen LogP contribution is -2.32. The number of nitrogens with two attached hydrogens (primary N) is 1. The highest BCUT2D eigenvalue weighted by atomic mass is 19.1. The molecule has 0 saturated heterocycles. The lowest BCUT2D eigenvalue weighted by molar-refractivity contribution is -0.135. The number of carboxylic acids is 1. The third-order valence-electron chi connectivity index (χ3n) is 1.96. The van der Waals surface area contributed by atoms with Gasteiger partial charge in [-0.25, -0.2) is 4.39 Å². The van der Waals surface area contributed by atoms with Crippen LogP contribution in [0.15, 0.2) is 24.3 Å². The van der Waals surface area contributed by atoms with Gasteiger partial charge < -0.3 is 15.7 Å². The van der Waals surface area contributed by atoms with Gasteiger partial charge in [0.05, 0.1) is 11.4 Å². The van der Waals surface area contributed by atoms with E-state index in [1.807, 2.05) is 0 Å². The van der Waals surface area contributed by atoms with Crippen LogP contribution in [-0.2, 0) is 4.79 Å². The fraction of sp³-hybridized carbons (Fsp3) is 0.300. The molecular weight excluding hydrogens is 199 g/mol. The maximum atomic E-state index is 12.2. The molecule has 0 spiro atoms. The van der Waals surface area contributed by atoms with Crippen LogP contribution >= 0.6 is 0 Å². The Morgan fingerprint density at radius 2 is 2.13 bits per heavy atom. The Bertz CT molecular complexity index is 344. The number of aliphatic carboxylic acids is 1. The second kappa shape index (κ2) is 5.19. The standard InChI is InChI=1S/C10H13FN2O2/c11-5-6-13(7-10(14)15)9-4-2-1-3-8(9)12/h1-4H,5-7,12H2,(H,14,15). The van der Waals surface area contributed by atoms with Crippen molar-refractivity contribution in [3.63, 3.8) is 0 Å². The van der Waals surface area contributed by atoms with Crippen molar-refractivity contribution in [3.8, 4) is 0 Å². The van der Waals surface area contributed by atoms with Crippen molar-refractivity contribution in [3.05, 3.63) is 24.3 Å². The van der Waals surface area contributed by atoms with Gasteiger partial charge in [-0.3, -0.25) is 4.79 Å². The average molecular weight is 212 g/mol. The van der Waals surface area contributed by atoms with E-state index in [-0.39, 0.29) is 13.1 Å². The summed E-state index contributed by atoms with van der Waals surface area (Å²) in [5.74, 6) is -1.01. The van der Waals surface area contributed by atoms with Gasteiger partial charge in [0.15, 0.2) is 0 Å². The molecule has 15 heavy (non-hydrogen) atoms. The molecule has 0 saturated carbocycles. The first kappa shape index (κ1) is 11.3. The van der Waals surface area contributed by atoms with Gasteiger partial charge in [-0.1, -0.05) is 12.1 Å². The first-order valence-electron chi connectivity index (χ1n) is 4.52. The quantitative estimate of drug-likeness (QED) is 0.718. The number of carbonyl (C=O) groups is 1. The van der Waals surface area contributed by atoms with Crippen LogP contribution in [0.4, 0.5) is 15.8 Å². The zero-order chi connectivity index (χ0) is 11.3. The highest BCUT2D eigenvalue weighted by Crippen LogP contribution is 2.21. The summed E-state index contributed by atoms with van der Waals surface area (Å²) in [4.78, 5) is 12.0. The molecule has 0 amide bonds. The predicted octanol–water partition coefficient (Wildman–Crippen LogP) is 1.13. The smallest absolute Gasteiger partial charge is 0.323 e. The summed E-state index contributed by atoms with van der Waals surface area (Å²) >= 11 is 0. The molecule has 4 nitrogen and oxygen atoms in total. The topological polar surface area (TPSA) is 66.6 Å². The van der Waals surface area contributed by atoms with Crippen molar-refractivity contribution in [1.29, 1.82) is 0 Å². The predicted molar refractivity (Wildman–Crippen MR) is 56.7 cm³/mol. The maximum absolute atomic E-state index is 12.2. The lowest BCUT2D eigenvalue weighted by atomic mass is 10.2. The number of hydrogen-bond donors (Lipinski definition) is 2. The van der Waals surface area contributed by atoms with Crippen LogP contribution in [0.25, 0.3) is 0 Å². The van der Waals surface area contributed by atoms with Crippen molar-refractivity contribution in [1.82, 2.24) is 0 Å². The highest BCUT2D eigenvalue weighted by molar-refractivity contribution is 5.77. The highest BCUT2D eigenvalue weighted by Gasteiger charge is 2.12. The molecule has 0 unspecified atom stereocenters. The van der Waals surface area contributed by atoms with Gasteiger partial charge in [-0.2, -0.15) is 0 Å². The number of para-hydroxylation sites is 2. The lowest BCUT2D eigenvalue weighted by Gasteiger charge is -2.22. The first-order chi connectivity index (χ1) is 7.15. The van der Waals surface area contributed by atoms with Crippen molar-refractivity contribution in [2.45, 2.75) is 0 Å². The fourth-order valence-corrected chi connectivity index (χ4v) is 1.33. The van der Waals surface area contributed by atoms with Gasteiger partial charge in [0.2, 0.25) is 0 Å². The van der Waals surface area contributed by atoms with Crippen LogP contribution in [-0.4, -0.2) is 30.8 Å². The number of halogens is 1. The molecule has 0 fully saturated rings. The van der Waals surface area contributed by atoms with E-state index in [0.29, 0.717) is 11.4 Å². The van der Waals surface area contributed by atoms with E-state index >= 15 is 0 Å². The number of nitrogen functional groups attached to an aromatic ring is 1. The van der Waals surface area contributed by atoms with Crippen LogP contribution in [0.1, 0.15) is 0 Å². The van der Waals surface area contributed by atoms with Crippen molar-refractivity contribution in [2.24, 2.45) is 0 Å². The summed E-state index contributed by atoms with van der Waals surface area (Å²) in [6, 6.07) is 6.81. The van der Waals surface area contributed by atoms with Crippen LogP contribution in [0.5, 0.6) is 0 Å². The van der Waals surface area contributed by atoms with Crippen molar-refractivity contribution in [2.75, 3.05) is 30.4 Å².